The van der Waals surface area contributed by atoms with E-state index in [0.29, 0.717) is 17.8 Å². The highest BCUT2D eigenvalue weighted by Gasteiger charge is 2.06. The fourth-order valence-electron chi connectivity index (χ4n) is 0.851. The van der Waals surface area contributed by atoms with Gasteiger partial charge in [-0.3, -0.25) is 9.78 Å². The molecule has 0 spiro atoms. The molecule has 1 aromatic rings. The van der Waals surface area contributed by atoms with Gasteiger partial charge in [0.05, 0.1) is 5.56 Å². The first-order valence-corrected chi connectivity index (χ1v) is 3.73. The molecule has 1 heterocycles. The second-order valence-corrected chi connectivity index (χ2v) is 2.32. The summed E-state index contributed by atoms with van der Waals surface area (Å²) in [4.78, 5) is 15.0. The zero-order valence-electron chi connectivity index (χ0n) is 6.87. The van der Waals surface area contributed by atoms with E-state index in [-0.39, 0.29) is 5.91 Å². The summed E-state index contributed by atoms with van der Waals surface area (Å²) in [6.45, 7) is 2.44. The lowest BCUT2D eigenvalue weighted by molar-refractivity contribution is 0.0956. The van der Waals surface area contributed by atoms with Crippen molar-refractivity contribution in [1.29, 1.82) is 0 Å². The molecule has 12 heavy (non-hydrogen) atoms. The quantitative estimate of drug-likeness (QED) is 0.667. The molecule has 0 aliphatic heterocycles. The van der Waals surface area contributed by atoms with E-state index < -0.39 is 0 Å². The first kappa shape index (κ1) is 8.52. The molecule has 0 radical (unpaired) electrons. The smallest absolute Gasteiger partial charge is 0.254 e. The molecule has 1 rings (SSSR count). The number of hydrogen-bond acceptors (Lipinski definition) is 3. The summed E-state index contributed by atoms with van der Waals surface area (Å²) >= 11 is 0. The van der Waals surface area contributed by atoms with Gasteiger partial charge in [0.2, 0.25) is 0 Å². The van der Waals surface area contributed by atoms with Crippen LogP contribution in [-0.2, 0) is 0 Å². The molecule has 0 unspecified atom stereocenters. The third kappa shape index (κ3) is 1.72. The second kappa shape index (κ2) is 3.71. The van der Waals surface area contributed by atoms with Gasteiger partial charge in [-0.15, -0.1) is 0 Å². The number of rotatable bonds is 2. The van der Waals surface area contributed by atoms with Crippen LogP contribution in [0.25, 0.3) is 0 Å². The molecule has 1 aromatic heterocycles. The van der Waals surface area contributed by atoms with Crippen LogP contribution < -0.4 is 11.1 Å². The highest BCUT2D eigenvalue weighted by Crippen LogP contribution is 2.07. The summed E-state index contributed by atoms with van der Waals surface area (Å²) in [5, 5.41) is 2.64. The second-order valence-electron chi connectivity index (χ2n) is 2.32. The molecule has 0 aliphatic rings. The number of amides is 1. The van der Waals surface area contributed by atoms with E-state index in [9.17, 15) is 4.79 Å². The fourth-order valence-corrected chi connectivity index (χ4v) is 0.851. The van der Waals surface area contributed by atoms with E-state index in [0.717, 1.165) is 0 Å². The van der Waals surface area contributed by atoms with Crippen LogP contribution in [0.2, 0.25) is 0 Å². The maximum Gasteiger partial charge on any atom is 0.254 e. The minimum atomic E-state index is -0.178. The van der Waals surface area contributed by atoms with Crippen LogP contribution in [0.5, 0.6) is 0 Å². The Labute approximate surface area is 70.8 Å². The Hall–Kier alpha value is -1.58. The molecular weight excluding hydrogens is 154 g/mol. The monoisotopic (exact) mass is 165 g/mol. The van der Waals surface area contributed by atoms with Crippen LogP contribution in [-0.4, -0.2) is 17.4 Å². The molecule has 0 saturated heterocycles. The number of aromatic nitrogens is 1. The van der Waals surface area contributed by atoms with Gasteiger partial charge in [-0.05, 0) is 13.0 Å². The molecule has 4 heteroatoms. The van der Waals surface area contributed by atoms with Crippen molar-refractivity contribution in [2.45, 2.75) is 6.92 Å². The summed E-state index contributed by atoms with van der Waals surface area (Å²) in [6.07, 6.45) is 3.01. The van der Waals surface area contributed by atoms with Gasteiger partial charge in [-0.25, -0.2) is 0 Å². The van der Waals surface area contributed by atoms with Gasteiger partial charge in [0.15, 0.2) is 0 Å². The molecule has 0 atom stereocenters. The van der Waals surface area contributed by atoms with Crippen molar-refractivity contribution in [3.05, 3.63) is 24.0 Å². The van der Waals surface area contributed by atoms with Crippen LogP contribution >= 0.6 is 0 Å². The van der Waals surface area contributed by atoms with Crippen molar-refractivity contribution in [3.63, 3.8) is 0 Å². The molecule has 64 valence electrons. The van der Waals surface area contributed by atoms with Crippen LogP contribution in [0.1, 0.15) is 17.3 Å². The molecule has 0 bridgehead atoms. The molecule has 0 aromatic carbocycles. The van der Waals surface area contributed by atoms with Gasteiger partial charge < -0.3 is 11.1 Å². The number of anilines is 1. The van der Waals surface area contributed by atoms with E-state index in [1.54, 1.807) is 12.3 Å². The number of nitrogen functional groups attached to an aromatic ring is 1. The number of nitrogens with one attached hydrogen (secondary N) is 1. The van der Waals surface area contributed by atoms with Crippen molar-refractivity contribution in [3.8, 4) is 0 Å². The Balaban J connectivity index is 2.87. The third-order valence-electron chi connectivity index (χ3n) is 1.44. The van der Waals surface area contributed by atoms with Crippen molar-refractivity contribution in [2.24, 2.45) is 0 Å². The van der Waals surface area contributed by atoms with Crippen molar-refractivity contribution in [1.82, 2.24) is 10.3 Å². The maximum atomic E-state index is 11.2. The number of nitrogens with two attached hydrogens (primary N) is 1. The topological polar surface area (TPSA) is 68.0 Å². The summed E-state index contributed by atoms with van der Waals surface area (Å²) < 4.78 is 0. The van der Waals surface area contributed by atoms with Crippen LogP contribution in [0.3, 0.4) is 0 Å². The number of pyridine rings is 1. The number of carbonyl (C=O) groups excluding carboxylic acids is 1. The predicted molar refractivity (Wildman–Crippen MR) is 46.7 cm³/mol. The Morgan fingerprint density at radius 2 is 2.50 bits per heavy atom. The van der Waals surface area contributed by atoms with E-state index >= 15 is 0 Å². The Morgan fingerprint density at radius 3 is 3.08 bits per heavy atom. The molecule has 4 nitrogen and oxygen atoms in total. The summed E-state index contributed by atoms with van der Waals surface area (Å²) in [7, 11) is 0. The van der Waals surface area contributed by atoms with Crippen LogP contribution in [0.4, 0.5) is 5.69 Å². The van der Waals surface area contributed by atoms with E-state index in [1.807, 2.05) is 6.92 Å². The maximum absolute atomic E-state index is 11.2. The van der Waals surface area contributed by atoms with E-state index in [4.69, 9.17) is 5.73 Å². The highest BCUT2D eigenvalue weighted by atomic mass is 16.1. The molecule has 0 saturated carbocycles. The van der Waals surface area contributed by atoms with Gasteiger partial charge in [0.25, 0.3) is 5.91 Å². The SMILES string of the molecule is CCNC(=O)c1cnccc1N. The van der Waals surface area contributed by atoms with Gasteiger partial charge in [-0.1, -0.05) is 0 Å². The number of nitrogens with zero attached hydrogens (tertiary/aromatic N) is 1. The number of carbonyl (C=O) groups is 1. The van der Waals surface area contributed by atoms with Crippen molar-refractivity contribution < 1.29 is 4.79 Å². The zero-order chi connectivity index (χ0) is 8.97. The van der Waals surface area contributed by atoms with Crippen molar-refractivity contribution in [2.75, 3.05) is 12.3 Å². The average molecular weight is 165 g/mol. The normalized spacial score (nSPS) is 9.42. The molecular formula is C8H11N3O. The number of hydrogen-bond donors (Lipinski definition) is 2. The Kier molecular flexibility index (Phi) is 2.63. The van der Waals surface area contributed by atoms with Crippen LogP contribution in [0.15, 0.2) is 18.5 Å². The average Bonchev–Trinajstić information content (AvgIpc) is 2.05. The lowest BCUT2D eigenvalue weighted by Crippen LogP contribution is -2.23. The molecule has 0 aliphatic carbocycles. The highest BCUT2D eigenvalue weighted by molar-refractivity contribution is 5.98. The standard InChI is InChI=1S/C8H11N3O/c1-2-11-8(12)6-5-10-4-3-7(6)9/h3-5H,2H2,1H3,(H2,9,10)(H,11,12). The van der Waals surface area contributed by atoms with Gasteiger partial charge in [0.1, 0.15) is 0 Å². The first-order valence-electron chi connectivity index (χ1n) is 3.73. The van der Waals surface area contributed by atoms with Crippen LogP contribution in [0, 0.1) is 0 Å². The molecule has 3 N–H and O–H groups in total. The Bertz CT molecular complexity index is 285. The zero-order valence-corrected chi connectivity index (χ0v) is 6.87. The largest absolute Gasteiger partial charge is 0.398 e. The Morgan fingerprint density at radius 1 is 1.75 bits per heavy atom. The third-order valence-corrected chi connectivity index (χ3v) is 1.44. The van der Waals surface area contributed by atoms with Gasteiger partial charge >= 0.3 is 0 Å². The van der Waals surface area contributed by atoms with Crippen molar-refractivity contribution >= 4 is 11.6 Å². The minimum absolute atomic E-state index is 0.178. The van der Waals surface area contributed by atoms with Gasteiger partial charge in [-0.2, -0.15) is 0 Å². The predicted octanol–water partition coefficient (Wildman–Crippen LogP) is 0.414. The lowest BCUT2D eigenvalue weighted by Gasteiger charge is -2.03. The first-order chi connectivity index (χ1) is 5.75. The van der Waals surface area contributed by atoms with E-state index in [2.05, 4.69) is 10.3 Å². The molecule has 1 amide bonds. The summed E-state index contributed by atoms with van der Waals surface area (Å²) in [5.41, 5.74) is 6.44. The molecule has 0 fully saturated rings. The van der Waals surface area contributed by atoms with Gasteiger partial charge in [0, 0.05) is 24.6 Å². The summed E-state index contributed by atoms with van der Waals surface area (Å²) in [6, 6.07) is 1.60. The fraction of sp³-hybridized carbons (Fsp3) is 0.250. The summed E-state index contributed by atoms with van der Waals surface area (Å²) in [5.74, 6) is -0.178. The minimum Gasteiger partial charge on any atom is -0.398 e. The lowest BCUT2D eigenvalue weighted by atomic mass is 10.2. The van der Waals surface area contributed by atoms with E-state index in [1.165, 1.54) is 6.20 Å².